The summed E-state index contributed by atoms with van der Waals surface area (Å²) in [5.74, 6) is -0.625. The van der Waals surface area contributed by atoms with E-state index in [1.807, 2.05) is 0 Å². The lowest BCUT2D eigenvalue weighted by atomic mass is 10.1. The first-order chi connectivity index (χ1) is 10.4. The van der Waals surface area contributed by atoms with Gasteiger partial charge in [0.05, 0.1) is 17.2 Å². The molecule has 1 aromatic rings. The third-order valence-electron chi connectivity index (χ3n) is 3.00. The van der Waals surface area contributed by atoms with E-state index in [9.17, 15) is 9.59 Å². The maximum absolute atomic E-state index is 12.5. The van der Waals surface area contributed by atoms with Crippen molar-refractivity contribution in [3.05, 3.63) is 41.4 Å². The number of nitrogens with zero attached hydrogens (tertiary/aromatic N) is 1. The first kappa shape index (κ1) is 18.2. The number of carbonyl (C=O) groups is 2. The average Bonchev–Trinajstić information content (AvgIpc) is 2.48. The van der Waals surface area contributed by atoms with E-state index in [2.05, 4.69) is 11.9 Å². The molecule has 0 radical (unpaired) electrons. The standard InChI is InChI=1S/C16H21ClN2O3/c1-4-7-19(8-9-20)16(22)13-10-12(5-6-14(13)17)18-15(21)11(2)3/h4-6,10-11,20H,1,7-9H2,2-3H3,(H,18,21). The monoisotopic (exact) mass is 324 g/mol. The largest absolute Gasteiger partial charge is 0.395 e. The Bertz CT molecular complexity index is 558. The Labute approximate surface area is 135 Å². The zero-order valence-electron chi connectivity index (χ0n) is 12.8. The van der Waals surface area contributed by atoms with Gasteiger partial charge in [0.15, 0.2) is 0 Å². The van der Waals surface area contributed by atoms with Gasteiger partial charge in [0.25, 0.3) is 5.91 Å². The summed E-state index contributed by atoms with van der Waals surface area (Å²) in [5, 5.41) is 12.1. The topological polar surface area (TPSA) is 69.6 Å². The first-order valence-corrected chi connectivity index (χ1v) is 7.40. The quantitative estimate of drug-likeness (QED) is 0.757. The number of halogens is 1. The van der Waals surface area contributed by atoms with Crippen LogP contribution in [0.3, 0.4) is 0 Å². The minimum Gasteiger partial charge on any atom is -0.395 e. The number of carbonyl (C=O) groups excluding carboxylic acids is 2. The first-order valence-electron chi connectivity index (χ1n) is 7.02. The summed E-state index contributed by atoms with van der Waals surface area (Å²) in [5.41, 5.74) is 0.785. The van der Waals surface area contributed by atoms with Crippen LogP contribution in [0.2, 0.25) is 5.02 Å². The van der Waals surface area contributed by atoms with Crippen molar-refractivity contribution < 1.29 is 14.7 Å². The van der Waals surface area contributed by atoms with E-state index >= 15 is 0 Å². The maximum Gasteiger partial charge on any atom is 0.255 e. The van der Waals surface area contributed by atoms with Crippen LogP contribution in [0.25, 0.3) is 0 Å². The Morgan fingerprint density at radius 2 is 2.14 bits per heavy atom. The van der Waals surface area contributed by atoms with Crippen LogP contribution in [0.4, 0.5) is 5.69 Å². The van der Waals surface area contributed by atoms with Crippen molar-refractivity contribution in [2.75, 3.05) is 25.0 Å². The molecule has 120 valence electrons. The summed E-state index contributed by atoms with van der Waals surface area (Å²) in [6.45, 7) is 7.49. The number of aliphatic hydroxyl groups is 1. The van der Waals surface area contributed by atoms with E-state index in [0.717, 1.165) is 0 Å². The van der Waals surface area contributed by atoms with E-state index < -0.39 is 0 Å². The van der Waals surface area contributed by atoms with Crippen LogP contribution in [0.5, 0.6) is 0 Å². The van der Waals surface area contributed by atoms with E-state index in [4.69, 9.17) is 16.7 Å². The Kier molecular flexibility index (Phi) is 7.08. The minimum atomic E-state index is -0.320. The van der Waals surface area contributed by atoms with Crippen LogP contribution >= 0.6 is 11.6 Å². The number of hydrogen-bond donors (Lipinski definition) is 2. The second-order valence-corrected chi connectivity index (χ2v) is 5.51. The van der Waals surface area contributed by atoms with Crippen LogP contribution in [-0.4, -0.2) is 41.5 Å². The van der Waals surface area contributed by atoms with Gasteiger partial charge in [-0.3, -0.25) is 9.59 Å². The van der Waals surface area contributed by atoms with Gasteiger partial charge in [0.2, 0.25) is 5.91 Å². The summed E-state index contributed by atoms with van der Waals surface area (Å²) in [4.78, 5) is 25.7. The van der Waals surface area contributed by atoms with Crippen LogP contribution in [0.1, 0.15) is 24.2 Å². The molecule has 0 aliphatic rings. The Morgan fingerprint density at radius 1 is 1.45 bits per heavy atom. The molecule has 0 saturated carbocycles. The molecule has 0 fully saturated rings. The van der Waals surface area contributed by atoms with Crippen LogP contribution in [-0.2, 0) is 4.79 Å². The van der Waals surface area contributed by atoms with Crippen LogP contribution in [0, 0.1) is 5.92 Å². The Hall–Kier alpha value is -1.85. The molecular weight excluding hydrogens is 304 g/mol. The molecular formula is C16H21ClN2O3. The molecule has 5 nitrogen and oxygen atoms in total. The summed E-state index contributed by atoms with van der Waals surface area (Å²) in [6, 6.07) is 4.75. The lowest BCUT2D eigenvalue weighted by molar-refractivity contribution is -0.118. The highest BCUT2D eigenvalue weighted by atomic mass is 35.5. The van der Waals surface area contributed by atoms with E-state index in [1.54, 1.807) is 38.1 Å². The third kappa shape index (κ3) is 4.86. The number of nitrogens with one attached hydrogen (secondary N) is 1. The number of rotatable bonds is 7. The Balaban J connectivity index is 3.04. The number of anilines is 1. The lowest BCUT2D eigenvalue weighted by Gasteiger charge is -2.21. The second-order valence-electron chi connectivity index (χ2n) is 5.10. The molecule has 0 heterocycles. The van der Waals surface area contributed by atoms with E-state index in [0.29, 0.717) is 17.3 Å². The van der Waals surface area contributed by atoms with Crippen molar-refractivity contribution in [3.8, 4) is 0 Å². The summed E-state index contributed by atoms with van der Waals surface area (Å²) in [6.07, 6.45) is 1.58. The van der Waals surface area contributed by atoms with Gasteiger partial charge in [0, 0.05) is 24.7 Å². The van der Waals surface area contributed by atoms with Gasteiger partial charge in [-0.1, -0.05) is 31.5 Å². The van der Waals surface area contributed by atoms with Gasteiger partial charge < -0.3 is 15.3 Å². The highest BCUT2D eigenvalue weighted by Gasteiger charge is 2.18. The van der Waals surface area contributed by atoms with Crippen LogP contribution in [0.15, 0.2) is 30.9 Å². The normalized spacial score (nSPS) is 10.4. The number of amides is 2. The van der Waals surface area contributed by atoms with Gasteiger partial charge in [-0.15, -0.1) is 6.58 Å². The van der Waals surface area contributed by atoms with Crippen molar-refractivity contribution >= 4 is 29.1 Å². The SMILES string of the molecule is C=CCN(CCO)C(=O)c1cc(NC(=O)C(C)C)ccc1Cl. The van der Waals surface area contributed by atoms with E-state index in [-0.39, 0.29) is 36.4 Å². The predicted octanol–water partition coefficient (Wildman–Crippen LogP) is 2.56. The van der Waals surface area contributed by atoms with Crippen molar-refractivity contribution in [2.45, 2.75) is 13.8 Å². The lowest BCUT2D eigenvalue weighted by Crippen LogP contribution is -2.34. The fraction of sp³-hybridized carbons (Fsp3) is 0.375. The highest BCUT2D eigenvalue weighted by Crippen LogP contribution is 2.22. The zero-order chi connectivity index (χ0) is 16.7. The molecule has 0 aliphatic heterocycles. The maximum atomic E-state index is 12.5. The molecule has 2 amide bonds. The molecule has 1 aromatic carbocycles. The van der Waals surface area contributed by atoms with Crippen molar-refractivity contribution in [3.63, 3.8) is 0 Å². The molecule has 0 aromatic heterocycles. The summed E-state index contributed by atoms with van der Waals surface area (Å²) < 4.78 is 0. The molecule has 1 rings (SSSR count). The van der Waals surface area contributed by atoms with Crippen molar-refractivity contribution in [1.82, 2.24) is 4.90 Å². The van der Waals surface area contributed by atoms with Crippen LogP contribution < -0.4 is 5.32 Å². The van der Waals surface area contributed by atoms with Gasteiger partial charge in [-0.2, -0.15) is 0 Å². The fourth-order valence-electron chi connectivity index (χ4n) is 1.78. The van der Waals surface area contributed by atoms with Crippen molar-refractivity contribution in [1.29, 1.82) is 0 Å². The smallest absolute Gasteiger partial charge is 0.255 e. The highest BCUT2D eigenvalue weighted by molar-refractivity contribution is 6.34. The van der Waals surface area contributed by atoms with Gasteiger partial charge in [0.1, 0.15) is 0 Å². The number of hydrogen-bond acceptors (Lipinski definition) is 3. The fourth-order valence-corrected chi connectivity index (χ4v) is 1.97. The second kappa shape index (κ2) is 8.56. The molecule has 0 unspecified atom stereocenters. The summed E-state index contributed by atoms with van der Waals surface area (Å²) >= 11 is 6.09. The molecule has 22 heavy (non-hydrogen) atoms. The minimum absolute atomic E-state index is 0.140. The molecule has 0 spiro atoms. The van der Waals surface area contributed by atoms with E-state index in [1.165, 1.54) is 4.90 Å². The molecule has 0 atom stereocenters. The number of benzene rings is 1. The molecule has 6 heteroatoms. The molecule has 0 saturated heterocycles. The Morgan fingerprint density at radius 3 is 2.68 bits per heavy atom. The number of aliphatic hydroxyl groups excluding tert-OH is 1. The molecule has 2 N–H and O–H groups in total. The summed E-state index contributed by atoms with van der Waals surface area (Å²) in [7, 11) is 0. The average molecular weight is 325 g/mol. The van der Waals surface area contributed by atoms with Gasteiger partial charge in [-0.25, -0.2) is 0 Å². The van der Waals surface area contributed by atoms with Gasteiger partial charge >= 0.3 is 0 Å². The van der Waals surface area contributed by atoms with Gasteiger partial charge in [-0.05, 0) is 18.2 Å². The zero-order valence-corrected chi connectivity index (χ0v) is 13.6. The predicted molar refractivity (Wildman–Crippen MR) is 88.1 cm³/mol. The van der Waals surface area contributed by atoms with Crippen molar-refractivity contribution in [2.24, 2.45) is 5.92 Å². The third-order valence-corrected chi connectivity index (χ3v) is 3.32. The molecule has 0 bridgehead atoms. The molecule has 0 aliphatic carbocycles.